The zero-order chi connectivity index (χ0) is 16.0. The lowest BCUT2D eigenvalue weighted by molar-refractivity contribution is -0.138. The average Bonchev–Trinajstić information content (AvgIpc) is 2.95. The van der Waals surface area contributed by atoms with Gasteiger partial charge in [0.15, 0.2) is 5.84 Å². The van der Waals surface area contributed by atoms with Gasteiger partial charge >= 0.3 is 0 Å². The summed E-state index contributed by atoms with van der Waals surface area (Å²) in [4.78, 5) is 15.0. The number of nitrogens with two attached hydrogens (primary N) is 1. The summed E-state index contributed by atoms with van der Waals surface area (Å²) in [6.45, 7) is 10.0. The molecular weight excluding hydrogens is 266 g/mol. The van der Waals surface area contributed by atoms with Crippen LogP contribution < -0.4 is 5.73 Å². The van der Waals surface area contributed by atoms with Crippen molar-refractivity contribution in [2.45, 2.75) is 59.8 Å². The number of amides is 1. The van der Waals surface area contributed by atoms with E-state index in [0.29, 0.717) is 24.7 Å². The number of carbonyl (C=O) groups excluding carboxylic acids is 1. The van der Waals surface area contributed by atoms with Crippen LogP contribution in [0.25, 0.3) is 0 Å². The zero-order valence-electron chi connectivity index (χ0n) is 13.9. The van der Waals surface area contributed by atoms with Crippen molar-refractivity contribution in [2.24, 2.45) is 28.1 Å². The van der Waals surface area contributed by atoms with Gasteiger partial charge < -0.3 is 15.8 Å². The second-order valence-electron chi connectivity index (χ2n) is 6.61. The van der Waals surface area contributed by atoms with Crippen LogP contribution in [-0.2, 0) is 4.79 Å². The zero-order valence-corrected chi connectivity index (χ0v) is 13.9. The molecule has 1 aliphatic rings. The highest BCUT2D eigenvalue weighted by atomic mass is 16.4. The van der Waals surface area contributed by atoms with Crippen LogP contribution in [0.3, 0.4) is 0 Å². The molecule has 122 valence electrons. The van der Waals surface area contributed by atoms with E-state index in [1.807, 2.05) is 18.7 Å². The third-order valence-corrected chi connectivity index (χ3v) is 4.82. The second kappa shape index (κ2) is 7.66. The van der Waals surface area contributed by atoms with E-state index in [2.05, 4.69) is 19.0 Å². The Hall–Kier alpha value is -1.26. The summed E-state index contributed by atoms with van der Waals surface area (Å²) in [6.07, 6.45) is 4.00. The standard InChI is InChI=1S/C16H31N3O2/c1-5-8-16(9-6-2,14(17)18-21)15(20)19-10-7-13(11-19)12(3)4/h12-13,21H,5-11H2,1-4H3,(H2,17,18). The third kappa shape index (κ3) is 3.69. The Labute approximate surface area is 128 Å². The fourth-order valence-electron chi connectivity index (χ4n) is 3.47. The van der Waals surface area contributed by atoms with Crippen molar-refractivity contribution in [1.82, 2.24) is 4.90 Å². The Balaban J connectivity index is 3.00. The molecule has 1 atom stereocenters. The van der Waals surface area contributed by atoms with E-state index in [9.17, 15) is 4.79 Å². The molecule has 0 aromatic heterocycles. The molecule has 0 saturated carbocycles. The molecule has 1 heterocycles. The summed E-state index contributed by atoms with van der Waals surface area (Å²) in [7, 11) is 0. The predicted molar refractivity (Wildman–Crippen MR) is 85.2 cm³/mol. The first-order chi connectivity index (χ1) is 9.92. The van der Waals surface area contributed by atoms with Gasteiger partial charge in [0.25, 0.3) is 0 Å². The highest BCUT2D eigenvalue weighted by Crippen LogP contribution is 2.35. The lowest BCUT2D eigenvalue weighted by Crippen LogP contribution is -2.51. The number of carbonyl (C=O) groups is 1. The van der Waals surface area contributed by atoms with E-state index in [1.165, 1.54) is 0 Å². The molecule has 5 heteroatoms. The first-order valence-electron chi connectivity index (χ1n) is 8.20. The van der Waals surface area contributed by atoms with Crippen LogP contribution in [0.2, 0.25) is 0 Å². The minimum atomic E-state index is -0.829. The first-order valence-corrected chi connectivity index (χ1v) is 8.20. The van der Waals surface area contributed by atoms with Crippen molar-refractivity contribution < 1.29 is 10.0 Å². The van der Waals surface area contributed by atoms with Gasteiger partial charge in [-0.3, -0.25) is 4.79 Å². The number of likely N-dealkylation sites (tertiary alicyclic amines) is 1. The molecule has 0 spiro atoms. The van der Waals surface area contributed by atoms with Gasteiger partial charge in [-0.25, -0.2) is 0 Å². The van der Waals surface area contributed by atoms with Crippen molar-refractivity contribution in [3.05, 3.63) is 0 Å². The van der Waals surface area contributed by atoms with Crippen LogP contribution in [0.4, 0.5) is 0 Å². The second-order valence-corrected chi connectivity index (χ2v) is 6.61. The fourth-order valence-corrected chi connectivity index (χ4v) is 3.47. The number of rotatable bonds is 7. The maximum atomic E-state index is 13.1. The minimum Gasteiger partial charge on any atom is -0.409 e. The molecule has 3 N–H and O–H groups in total. The molecule has 1 unspecified atom stereocenters. The van der Waals surface area contributed by atoms with Gasteiger partial charge in [-0.15, -0.1) is 0 Å². The first kappa shape index (κ1) is 17.8. The lowest BCUT2D eigenvalue weighted by atomic mass is 9.76. The Bertz CT molecular complexity index is 374. The Morgan fingerprint density at radius 2 is 1.95 bits per heavy atom. The predicted octanol–water partition coefficient (Wildman–Crippen LogP) is 2.82. The largest absolute Gasteiger partial charge is 0.409 e. The Morgan fingerprint density at radius 1 is 1.38 bits per heavy atom. The average molecular weight is 297 g/mol. The number of hydrogen-bond acceptors (Lipinski definition) is 3. The number of nitrogens with zero attached hydrogens (tertiary/aromatic N) is 2. The van der Waals surface area contributed by atoms with Crippen LogP contribution in [0.15, 0.2) is 5.16 Å². The SMILES string of the molecule is CCCC(CCC)(C(=O)N1CCC(C(C)C)C1)C(N)=NO. The maximum Gasteiger partial charge on any atom is 0.236 e. The van der Waals surface area contributed by atoms with Crippen LogP contribution >= 0.6 is 0 Å². The van der Waals surface area contributed by atoms with E-state index >= 15 is 0 Å². The van der Waals surface area contributed by atoms with Crippen LogP contribution in [0.1, 0.15) is 59.8 Å². The van der Waals surface area contributed by atoms with Crippen molar-refractivity contribution in [3.8, 4) is 0 Å². The topological polar surface area (TPSA) is 78.9 Å². The Morgan fingerprint density at radius 3 is 2.33 bits per heavy atom. The molecule has 1 fully saturated rings. The van der Waals surface area contributed by atoms with E-state index < -0.39 is 5.41 Å². The van der Waals surface area contributed by atoms with Crippen molar-refractivity contribution >= 4 is 11.7 Å². The molecular formula is C16H31N3O2. The molecule has 5 nitrogen and oxygen atoms in total. The minimum absolute atomic E-state index is 0.0460. The summed E-state index contributed by atoms with van der Waals surface area (Å²) in [6, 6.07) is 0. The van der Waals surface area contributed by atoms with E-state index in [4.69, 9.17) is 10.9 Å². The molecule has 0 radical (unpaired) electrons. The molecule has 0 bridgehead atoms. The molecule has 0 aliphatic carbocycles. The Kier molecular flexibility index (Phi) is 6.49. The highest BCUT2D eigenvalue weighted by molar-refractivity contribution is 6.06. The van der Waals surface area contributed by atoms with Gasteiger partial charge in [0.2, 0.25) is 5.91 Å². The molecule has 1 rings (SSSR count). The maximum absolute atomic E-state index is 13.1. The van der Waals surface area contributed by atoms with Gasteiger partial charge in [-0.1, -0.05) is 45.7 Å². The number of oxime groups is 1. The van der Waals surface area contributed by atoms with Gasteiger partial charge in [-0.05, 0) is 31.1 Å². The summed E-state index contributed by atoms with van der Waals surface area (Å²) in [5.41, 5.74) is 5.11. The van der Waals surface area contributed by atoms with E-state index in [1.54, 1.807) is 0 Å². The monoisotopic (exact) mass is 297 g/mol. The molecule has 0 aromatic carbocycles. The van der Waals surface area contributed by atoms with Gasteiger partial charge in [-0.2, -0.15) is 0 Å². The molecule has 1 aliphatic heterocycles. The lowest BCUT2D eigenvalue weighted by Gasteiger charge is -2.34. The molecule has 1 saturated heterocycles. The van der Waals surface area contributed by atoms with Gasteiger partial charge in [0.05, 0.1) is 0 Å². The summed E-state index contributed by atoms with van der Waals surface area (Å²) >= 11 is 0. The van der Waals surface area contributed by atoms with Gasteiger partial charge in [0.1, 0.15) is 5.41 Å². The van der Waals surface area contributed by atoms with Gasteiger partial charge in [0, 0.05) is 13.1 Å². The molecule has 21 heavy (non-hydrogen) atoms. The fraction of sp³-hybridized carbons (Fsp3) is 0.875. The summed E-state index contributed by atoms with van der Waals surface area (Å²) in [5.74, 6) is 1.26. The normalized spacial score (nSPS) is 20.3. The van der Waals surface area contributed by atoms with Crippen LogP contribution in [0, 0.1) is 17.3 Å². The summed E-state index contributed by atoms with van der Waals surface area (Å²) < 4.78 is 0. The van der Waals surface area contributed by atoms with Crippen molar-refractivity contribution in [2.75, 3.05) is 13.1 Å². The van der Waals surface area contributed by atoms with E-state index in [-0.39, 0.29) is 11.7 Å². The van der Waals surface area contributed by atoms with Crippen molar-refractivity contribution in [3.63, 3.8) is 0 Å². The number of hydrogen-bond donors (Lipinski definition) is 2. The third-order valence-electron chi connectivity index (χ3n) is 4.82. The number of amidine groups is 1. The van der Waals surface area contributed by atoms with Crippen molar-refractivity contribution in [1.29, 1.82) is 0 Å². The van der Waals surface area contributed by atoms with Crippen LogP contribution in [-0.4, -0.2) is 34.9 Å². The smallest absolute Gasteiger partial charge is 0.236 e. The molecule has 1 amide bonds. The van der Waals surface area contributed by atoms with E-state index in [0.717, 1.165) is 32.4 Å². The summed E-state index contributed by atoms with van der Waals surface area (Å²) in [5, 5.41) is 12.3. The molecule has 0 aromatic rings. The quantitative estimate of drug-likeness (QED) is 0.328. The highest BCUT2D eigenvalue weighted by Gasteiger charge is 2.45. The van der Waals surface area contributed by atoms with Crippen LogP contribution in [0.5, 0.6) is 0 Å².